The molecule has 0 aliphatic rings. The van der Waals surface area contributed by atoms with Gasteiger partial charge in [-0.2, -0.15) is 0 Å². The Morgan fingerprint density at radius 3 is 2.56 bits per heavy atom. The van der Waals surface area contributed by atoms with Gasteiger partial charge in [0.2, 0.25) is 0 Å². The molecule has 6 nitrogen and oxygen atoms in total. The molecular weight excluding hydrogens is 370 g/mol. The fraction of sp³-hybridized carbons (Fsp3) is 0.200. The molecule has 0 radical (unpaired) electrons. The first-order valence-electron chi connectivity index (χ1n) is 8.10. The normalized spacial score (nSPS) is 11.7. The van der Waals surface area contributed by atoms with E-state index >= 15 is 0 Å². The van der Waals surface area contributed by atoms with Gasteiger partial charge in [-0.3, -0.25) is 4.79 Å². The number of ether oxygens (including phenoxy) is 3. The van der Waals surface area contributed by atoms with E-state index in [1.807, 2.05) is 0 Å². The van der Waals surface area contributed by atoms with E-state index in [1.165, 1.54) is 26.2 Å². The van der Waals surface area contributed by atoms with Crippen molar-refractivity contribution in [3.05, 3.63) is 59.1 Å². The van der Waals surface area contributed by atoms with Gasteiger partial charge in [-0.1, -0.05) is 17.7 Å². The number of hydrogen-bond acceptors (Lipinski definition) is 5. The van der Waals surface area contributed by atoms with Crippen molar-refractivity contribution in [2.24, 2.45) is 0 Å². The fourth-order valence-corrected chi connectivity index (χ4v) is 2.39. The maximum atomic E-state index is 12.1. The Morgan fingerprint density at radius 1 is 1.11 bits per heavy atom. The second kappa shape index (κ2) is 9.64. The Balaban J connectivity index is 1.98. The van der Waals surface area contributed by atoms with Crippen LogP contribution < -0.4 is 14.8 Å². The van der Waals surface area contributed by atoms with E-state index in [-0.39, 0.29) is 0 Å². The molecule has 1 atom stereocenters. The quantitative estimate of drug-likeness (QED) is 0.573. The molecule has 2 rings (SSSR count). The van der Waals surface area contributed by atoms with Crippen molar-refractivity contribution in [3.63, 3.8) is 0 Å². The zero-order valence-electron chi connectivity index (χ0n) is 15.2. The molecule has 0 aromatic heterocycles. The van der Waals surface area contributed by atoms with Crippen LogP contribution >= 0.6 is 11.6 Å². The highest BCUT2D eigenvalue weighted by Crippen LogP contribution is 2.25. The molecule has 0 heterocycles. The van der Waals surface area contributed by atoms with E-state index in [0.717, 1.165) is 0 Å². The number of anilines is 1. The first-order valence-corrected chi connectivity index (χ1v) is 8.48. The van der Waals surface area contributed by atoms with Gasteiger partial charge in [0.15, 0.2) is 6.10 Å². The number of carbonyl (C=O) groups excluding carboxylic acids is 2. The summed E-state index contributed by atoms with van der Waals surface area (Å²) in [5.74, 6) is 0.0799. The highest BCUT2D eigenvalue weighted by molar-refractivity contribution is 6.30. The maximum Gasteiger partial charge on any atom is 0.331 e. The van der Waals surface area contributed by atoms with Crippen LogP contribution in [0.1, 0.15) is 12.5 Å². The monoisotopic (exact) mass is 389 g/mol. The molecule has 1 unspecified atom stereocenters. The fourth-order valence-electron chi connectivity index (χ4n) is 2.20. The van der Waals surface area contributed by atoms with Crippen LogP contribution in [0.4, 0.5) is 5.69 Å². The zero-order chi connectivity index (χ0) is 19.8. The summed E-state index contributed by atoms with van der Waals surface area (Å²) in [6, 6.07) is 11.9. The van der Waals surface area contributed by atoms with Gasteiger partial charge < -0.3 is 19.5 Å². The first kappa shape index (κ1) is 20.3. The summed E-state index contributed by atoms with van der Waals surface area (Å²) in [5, 5.41) is 3.13. The molecule has 1 amide bonds. The Hall–Kier alpha value is -2.99. The Morgan fingerprint density at radius 2 is 1.89 bits per heavy atom. The van der Waals surface area contributed by atoms with Gasteiger partial charge in [0.25, 0.3) is 5.91 Å². The molecule has 0 fully saturated rings. The van der Waals surface area contributed by atoms with Crippen LogP contribution in [0, 0.1) is 0 Å². The number of carbonyl (C=O) groups is 2. The van der Waals surface area contributed by atoms with Crippen LogP contribution in [-0.2, 0) is 14.3 Å². The first-order chi connectivity index (χ1) is 12.9. The highest BCUT2D eigenvalue weighted by atomic mass is 35.5. The van der Waals surface area contributed by atoms with E-state index < -0.39 is 18.0 Å². The summed E-state index contributed by atoms with van der Waals surface area (Å²) in [5.41, 5.74) is 1.16. The third-order valence-electron chi connectivity index (χ3n) is 3.59. The summed E-state index contributed by atoms with van der Waals surface area (Å²) in [6.45, 7) is 1.48. The number of benzene rings is 2. The number of amides is 1. The second-order valence-corrected chi connectivity index (χ2v) is 5.96. The number of methoxy groups -OCH3 is 2. The van der Waals surface area contributed by atoms with Gasteiger partial charge in [-0.25, -0.2) is 4.79 Å². The predicted molar refractivity (Wildman–Crippen MR) is 104 cm³/mol. The number of hydrogen-bond donors (Lipinski definition) is 1. The van der Waals surface area contributed by atoms with Gasteiger partial charge >= 0.3 is 5.97 Å². The van der Waals surface area contributed by atoms with Crippen molar-refractivity contribution in [2.75, 3.05) is 19.5 Å². The van der Waals surface area contributed by atoms with Crippen molar-refractivity contribution < 1.29 is 23.8 Å². The van der Waals surface area contributed by atoms with E-state index in [1.54, 1.807) is 49.6 Å². The van der Waals surface area contributed by atoms with Gasteiger partial charge in [-0.15, -0.1) is 0 Å². The maximum absolute atomic E-state index is 12.1. The van der Waals surface area contributed by atoms with Crippen LogP contribution in [0.5, 0.6) is 11.5 Å². The lowest BCUT2D eigenvalue weighted by atomic mass is 10.1. The lowest BCUT2D eigenvalue weighted by molar-refractivity contribution is -0.148. The lowest BCUT2D eigenvalue weighted by Gasteiger charge is -2.12. The summed E-state index contributed by atoms with van der Waals surface area (Å²) in [6.07, 6.45) is 1.78. The summed E-state index contributed by atoms with van der Waals surface area (Å²) in [4.78, 5) is 24.1. The summed E-state index contributed by atoms with van der Waals surface area (Å²) >= 11 is 5.87. The smallest absolute Gasteiger partial charge is 0.331 e. The number of halogens is 1. The summed E-state index contributed by atoms with van der Waals surface area (Å²) in [7, 11) is 3.07. The minimum absolute atomic E-state index is 0.460. The molecule has 0 spiro atoms. The average Bonchev–Trinajstić information content (AvgIpc) is 2.66. The largest absolute Gasteiger partial charge is 0.497 e. The van der Waals surface area contributed by atoms with E-state index in [0.29, 0.717) is 27.8 Å². The molecule has 142 valence electrons. The average molecular weight is 390 g/mol. The topological polar surface area (TPSA) is 73.9 Å². The van der Waals surface area contributed by atoms with Crippen molar-refractivity contribution in [1.82, 2.24) is 0 Å². The van der Waals surface area contributed by atoms with Crippen LogP contribution in [0.3, 0.4) is 0 Å². The Kier molecular flexibility index (Phi) is 7.25. The molecule has 0 aliphatic heterocycles. The third kappa shape index (κ3) is 6.04. The SMILES string of the molecule is COc1ccc(OC)c(/C=C/C(=O)OC(C)C(=O)Nc2cccc(Cl)c2)c1. The number of esters is 1. The zero-order valence-corrected chi connectivity index (χ0v) is 15.9. The lowest BCUT2D eigenvalue weighted by Crippen LogP contribution is -2.29. The minimum Gasteiger partial charge on any atom is -0.497 e. The standard InChI is InChI=1S/C20H20ClNO5/c1-13(20(24)22-16-6-4-5-15(21)12-16)27-19(23)10-7-14-11-17(25-2)8-9-18(14)26-3/h4-13H,1-3H3,(H,22,24)/b10-7+. The van der Waals surface area contributed by atoms with Gasteiger partial charge in [0, 0.05) is 22.3 Å². The Bertz CT molecular complexity index is 850. The van der Waals surface area contributed by atoms with Crippen molar-refractivity contribution >= 4 is 35.2 Å². The molecule has 2 aromatic carbocycles. The van der Waals surface area contributed by atoms with E-state index in [4.69, 9.17) is 25.8 Å². The van der Waals surface area contributed by atoms with Gasteiger partial charge in [0.05, 0.1) is 14.2 Å². The molecule has 0 saturated heterocycles. The molecule has 0 bridgehead atoms. The number of nitrogens with one attached hydrogen (secondary N) is 1. The molecular formula is C20H20ClNO5. The molecule has 2 aromatic rings. The van der Waals surface area contributed by atoms with Crippen molar-refractivity contribution in [3.8, 4) is 11.5 Å². The second-order valence-electron chi connectivity index (χ2n) is 5.52. The molecule has 0 aliphatic carbocycles. The van der Waals surface area contributed by atoms with Gasteiger partial charge in [-0.05, 0) is 49.4 Å². The highest BCUT2D eigenvalue weighted by Gasteiger charge is 2.17. The minimum atomic E-state index is -0.978. The van der Waals surface area contributed by atoms with Crippen LogP contribution in [0.25, 0.3) is 6.08 Å². The molecule has 27 heavy (non-hydrogen) atoms. The molecule has 1 N–H and O–H groups in total. The molecule has 0 saturated carbocycles. The van der Waals surface area contributed by atoms with E-state index in [2.05, 4.69) is 5.32 Å². The predicted octanol–water partition coefficient (Wildman–Crippen LogP) is 3.94. The van der Waals surface area contributed by atoms with Crippen LogP contribution in [0.15, 0.2) is 48.5 Å². The van der Waals surface area contributed by atoms with E-state index in [9.17, 15) is 9.59 Å². The van der Waals surface area contributed by atoms with Crippen LogP contribution in [-0.4, -0.2) is 32.2 Å². The van der Waals surface area contributed by atoms with Crippen LogP contribution in [0.2, 0.25) is 5.02 Å². The van der Waals surface area contributed by atoms with Gasteiger partial charge in [0.1, 0.15) is 11.5 Å². The van der Waals surface area contributed by atoms with Crippen molar-refractivity contribution in [2.45, 2.75) is 13.0 Å². The van der Waals surface area contributed by atoms with Crippen molar-refractivity contribution in [1.29, 1.82) is 0 Å². The Labute approximate surface area is 162 Å². The molecule has 7 heteroatoms. The third-order valence-corrected chi connectivity index (χ3v) is 3.83. The summed E-state index contributed by atoms with van der Waals surface area (Å²) < 4.78 is 15.5. The number of rotatable bonds is 7.